The van der Waals surface area contributed by atoms with E-state index in [9.17, 15) is 0 Å². The van der Waals surface area contributed by atoms with Gasteiger partial charge >= 0.3 is 0 Å². The molecule has 0 aliphatic carbocycles. The second-order valence-corrected chi connectivity index (χ2v) is 4.61. The molecular formula is C15H21N3. The maximum atomic E-state index is 6.17. The van der Waals surface area contributed by atoms with E-state index < -0.39 is 0 Å². The first-order valence-corrected chi connectivity index (χ1v) is 6.61. The highest BCUT2D eigenvalue weighted by Crippen LogP contribution is 2.16. The van der Waals surface area contributed by atoms with Crippen LogP contribution in [0.4, 0.5) is 0 Å². The molecule has 0 saturated heterocycles. The molecule has 1 atom stereocenters. The van der Waals surface area contributed by atoms with Gasteiger partial charge in [0.1, 0.15) is 0 Å². The third kappa shape index (κ3) is 3.44. The maximum absolute atomic E-state index is 6.17. The van der Waals surface area contributed by atoms with E-state index in [-0.39, 0.29) is 6.04 Å². The Bertz CT molecular complexity index is 462. The van der Waals surface area contributed by atoms with Crippen molar-refractivity contribution in [2.75, 3.05) is 0 Å². The summed E-state index contributed by atoms with van der Waals surface area (Å²) in [7, 11) is 0. The summed E-state index contributed by atoms with van der Waals surface area (Å²) in [5, 5.41) is 4.26. The number of rotatable bonds is 6. The van der Waals surface area contributed by atoms with Crippen LogP contribution in [0.2, 0.25) is 0 Å². The molecule has 2 N–H and O–H groups in total. The molecule has 3 nitrogen and oxygen atoms in total. The molecule has 0 saturated carbocycles. The monoisotopic (exact) mass is 243 g/mol. The number of aromatic nitrogens is 2. The Balaban J connectivity index is 1.79. The van der Waals surface area contributed by atoms with Gasteiger partial charge in [-0.25, -0.2) is 0 Å². The Morgan fingerprint density at radius 1 is 1.28 bits per heavy atom. The lowest BCUT2D eigenvalue weighted by Gasteiger charge is -2.09. The minimum absolute atomic E-state index is 0.106. The zero-order chi connectivity index (χ0) is 12.8. The van der Waals surface area contributed by atoms with Crippen molar-refractivity contribution in [1.29, 1.82) is 0 Å². The lowest BCUT2D eigenvalue weighted by molar-refractivity contribution is 0.608. The maximum Gasteiger partial charge on any atom is 0.0537 e. The molecule has 1 heterocycles. The summed E-state index contributed by atoms with van der Waals surface area (Å²) in [4.78, 5) is 0. The smallest absolute Gasteiger partial charge is 0.0537 e. The summed E-state index contributed by atoms with van der Waals surface area (Å²) in [5.41, 5.74) is 8.70. The first-order valence-electron chi connectivity index (χ1n) is 6.61. The number of nitrogens with two attached hydrogens (primary N) is 1. The number of nitrogens with zero attached hydrogens (tertiary/aromatic N) is 2. The minimum Gasteiger partial charge on any atom is -0.324 e. The van der Waals surface area contributed by atoms with E-state index in [0.29, 0.717) is 0 Å². The molecule has 0 amide bonds. The van der Waals surface area contributed by atoms with Gasteiger partial charge in [-0.15, -0.1) is 0 Å². The van der Waals surface area contributed by atoms with Crippen molar-refractivity contribution in [1.82, 2.24) is 9.78 Å². The highest BCUT2D eigenvalue weighted by Gasteiger charge is 2.08. The molecule has 1 unspecified atom stereocenters. The average Bonchev–Trinajstić information content (AvgIpc) is 2.89. The van der Waals surface area contributed by atoms with Crippen LogP contribution in [0.3, 0.4) is 0 Å². The predicted molar refractivity (Wildman–Crippen MR) is 74.2 cm³/mol. The van der Waals surface area contributed by atoms with Crippen LogP contribution in [-0.2, 0) is 13.0 Å². The second kappa shape index (κ2) is 6.36. The Kier molecular flexibility index (Phi) is 4.53. The number of hydrogen-bond acceptors (Lipinski definition) is 2. The molecule has 0 radical (unpaired) electrons. The average molecular weight is 243 g/mol. The molecule has 18 heavy (non-hydrogen) atoms. The minimum atomic E-state index is 0.106. The van der Waals surface area contributed by atoms with E-state index in [1.54, 1.807) is 0 Å². The third-order valence-electron chi connectivity index (χ3n) is 3.23. The van der Waals surface area contributed by atoms with E-state index in [4.69, 9.17) is 5.73 Å². The lowest BCUT2D eigenvalue weighted by Crippen LogP contribution is -2.09. The summed E-state index contributed by atoms with van der Waals surface area (Å²) in [5.74, 6) is 0. The number of hydrogen-bond donors (Lipinski definition) is 1. The highest BCUT2D eigenvalue weighted by molar-refractivity contribution is 5.15. The summed E-state index contributed by atoms with van der Waals surface area (Å²) in [6, 6.07) is 10.7. The van der Waals surface area contributed by atoms with Gasteiger partial charge in [-0.3, -0.25) is 4.68 Å². The van der Waals surface area contributed by atoms with Crippen LogP contribution in [0, 0.1) is 0 Å². The summed E-state index contributed by atoms with van der Waals surface area (Å²) in [6.45, 7) is 2.98. The van der Waals surface area contributed by atoms with E-state index in [0.717, 1.165) is 31.4 Å². The van der Waals surface area contributed by atoms with Crippen LogP contribution in [0.5, 0.6) is 0 Å². The van der Waals surface area contributed by atoms with Gasteiger partial charge in [0.2, 0.25) is 0 Å². The van der Waals surface area contributed by atoms with Crippen molar-refractivity contribution < 1.29 is 0 Å². The predicted octanol–water partition coefficient (Wildman–Crippen LogP) is 2.93. The molecule has 1 aromatic carbocycles. The Hall–Kier alpha value is -1.61. The molecule has 2 aromatic rings. The van der Waals surface area contributed by atoms with E-state index >= 15 is 0 Å². The second-order valence-electron chi connectivity index (χ2n) is 4.61. The van der Waals surface area contributed by atoms with Crippen LogP contribution in [-0.4, -0.2) is 9.78 Å². The van der Waals surface area contributed by atoms with Crippen molar-refractivity contribution in [3.05, 3.63) is 53.9 Å². The van der Waals surface area contributed by atoms with Crippen LogP contribution in [0.15, 0.2) is 42.7 Å². The molecule has 0 spiro atoms. The Morgan fingerprint density at radius 2 is 2.06 bits per heavy atom. The van der Waals surface area contributed by atoms with Crippen LogP contribution in [0.25, 0.3) is 0 Å². The molecular weight excluding hydrogens is 222 g/mol. The normalized spacial score (nSPS) is 12.6. The molecule has 3 heteroatoms. The zero-order valence-electron chi connectivity index (χ0n) is 10.9. The number of benzene rings is 1. The van der Waals surface area contributed by atoms with E-state index in [1.165, 1.54) is 5.56 Å². The van der Waals surface area contributed by atoms with Gasteiger partial charge in [-0.2, -0.15) is 5.10 Å². The van der Waals surface area contributed by atoms with E-state index in [2.05, 4.69) is 36.3 Å². The standard InChI is InChI=1S/C15H21N3/c1-2-18-12-14(11-17-18)15(16)10-6-9-13-7-4-3-5-8-13/h3-5,7-8,11-12,15H,2,6,9-10,16H2,1H3. The van der Waals surface area contributed by atoms with Gasteiger partial charge in [-0.05, 0) is 31.7 Å². The van der Waals surface area contributed by atoms with Crippen LogP contribution < -0.4 is 5.73 Å². The molecule has 1 aromatic heterocycles. The van der Waals surface area contributed by atoms with Gasteiger partial charge in [0.25, 0.3) is 0 Å². The first kappa shape index (κ1) is 12.8. The summed E-state index contributed by atoms with van der Waals surface area (Å²) >= 11 is 0. The third-order valence-corrected chi connectivity index (χ3v) is 3.23. The Morgan fingerprint density at radius 3 is 2.72 bits per heavy atom. The summed E-state index contributed by atoms with van der Waals surface area (Å²) in [6.07, 6.45) is 7.15. The van der Waals surface area contributed by atoms with Gasteiger partial charge in [0.05, 0.1) is 6.20 Å². The molecule has 0 bridgehead atoms. The zero-order valence-corrected chi connectivity index (χ0v) is 10.9. The van der Waals surface area contributed by atoms with Crippen molar-refractivity contribution in [2.24, 2.45) is 5.73 Å². The van der Waals surface area contributed by atoms with Crippen molar-refractivity contribution in [3.8, 4) is 0 Å². The quantitative estimate of drug-likeness (QED) is 0.847. The fourth-order valence-corrected chi connectivity index (χ4v) is 2.08. The van der Waals surface area contributed by atoms with Crippen molar-refractivity contribution in [3.63, 3.8) is 0 Å². The van der Waals surface area contributed by atoms with Gasteiger partial charge < -0.3 is 5.73 Å². The van der Waals surface area contributed by atoms with Gasteiger partial charge in [-0.1, -0.05) is 30.3 Å². The molecule has 0 fully saturated rings. The number of aryl methyl sites for hydroxylation is 2. The van der Waals surface area contributed by atoms with E-state index in [1.807, 2.05) is 23.1 Å². The topological polar surface area (TPSA) is 43.8 Å². The highest BCUT2D eigenvalue weighted by atomic mass is 15.3. The molecule has 2 rings (SSSR count). The molecule has 96 valence electrons. The largest absolute Gasteiger partial charge is 0.324 e. The molecule has 0 aliphatic heterocycles. The lowest BCUT2D eigenvalue weighted by atomic mass is 10.0. The van der Waals surface area contributed by atoms with Gasteiger partial charge in [0, 0.05) is 24.3 Å². The van der Waals surface area contributed by atoms with Crippen LogP contribution in [0.1, 0.15) is 36.9 Å². The fourth-order valence-electron chi connectivity index (χ4n) is 2.08. The SMILES string of the molecule is CCn1cc(C(N)CCCc2ccccc2)cn1. The van der Waals surface area contributed by atoms with Crippen molar-refractivity contribution in [2.45, 2.75) is 38.8 Å². The fraction of sp³-hybridized carbons (Fsp3) is 0.400. The van der Waals surface area contributed by atoms with Gasteiger partial charge in [0.15, 0.2) is 0 Å². The van der Waals surface area contributed by atoms with Crippen molar-refractivity contribution >= 4 is 0 Å². The van der Waals surface area contributed by atoms with Crippen LogP contribution >= 0.6 is 0 Å². The first-order chi connectivity index (χ1) is 8.79. The summed E-state index contributed by atoms with van der Waals surface area (Å²) < 4.78 is 1.92. The molecule has 0 aliphatic rings. The Labute approximate surface area is 109 Å².